The average molecular weight is 497 g/mol. The van der Waals surface area contributed by atoms with E-state index in [1.165, 1.54) is 10.4 Å². The highest BCUT2D eigenvalue weighted by atomic mass is 79.9. The quantitative estimate of drug-likeness (QED) is 0.262. The molecule has 0 unspecified atom stereocenters. The van der Waals surface area contributed by atoms with Gasteiger partial charge in [0.2, 0.25) is 0 Å². The number of hydrogen-bond donors (Lipinski definition) is 0. The lowest BCUT2D eigenvalue weighted by molar-refractivity contribution is 0.300. The van der Waals surface area contributed by atoms with Crippen LogP contribution in [0.25, 0.3) is 21.3 Å². The lowest BCUT2D eigenvalue weighted by Gasteiger charge is -2.09. The third kappa shape index (κ3) is 4.75. The van der Waals surface area contributed by atoms with Crippen molar-refractivity contribution in [2.45, 2.75) is 39.7 Å². The molecule has 0 saturated carbocycles. The number of nitrogens with zero attached hydrogens (tertiary/aromatic N) is 2. The zero-order valence-corrected chi connectivity index (χ0v) is 20.1. The Labute approximate surface area is 194 Å². The van der Waals surface area contributed by atoms with E-state index in [2.05, 4.69) is 59.0 Å². The maximum atomic E-state index is 13.3. The SMILES string of the molecule is CCc1ccc(OCCCn2cnc3sc(CC)c(-c4ccc(Br)cc4)c3c2=O)cc1. The maximum Gasteiger partial charge on any atom is 0.262 e. The lowest BCUT2D eigenvalue weighted by Crippen LogP contribution is -2.21. The molecule has 4 nitrogen and oxygen atoms in total. The van der Waals surface area contributed by atoms with Gasteiger partial charge in [0.1, 0.15) is 10.6 Å². The van der Waals surface area contributed by atoms with Gasteiger partial charge < -0.3 is 4.74 Å². The second-order valence-electron chi connectivity index (χ2n) is 7.38. The fourth-order valence-corrected chi connectivity index (χ4v) is 5.00. The number of thiophene rings is 1. The summed E-state index contributed by atoms with van der Waals surface area (Å²) in [5.41, 5.74) is 3.39. The van der Waals surface area contributed by atoms with Gasteiger partial charge in [0.15, 0.2) is 0 Å². The summed E-state index contributed by atoms with van der Waals surface area (Å²) < 4.78 is 8.57. The van der Waals surface area contributed by atoms with E-state index in [0.29, 0.717) is 13.2 Å². The van der Waals surface area contributed by atoms with Crippen LogP contribution < -0.4 is 10.3 Å². The molecular formula is C25H25BrN2O2S. The molecule has 0 saturated heterocycles. The first-order valence-electron chi connectivity index (χ1n) is 10.6. The van der Waals surface area contributed by atoms with Gasteiger partial charge in [-0.3, -0.25) is 9.36 Å². The molecule has 2 heterocycles. The van der Waals surface area contributed by atoms with Crippen LogP contribution in [0.3, 0.4) is 0 Å². The summed E-state index contributed by atoms with van der Waals surface area (Å²) in [6.45, 7) is 5.39. The summed E-state index contributed by atoms with van der Waals surface area (Å²) in [4.78, 5) is 19.9. The van der Waals surface area contributed by atoms with Crippen LogP contribution in [0.4, 0.5) is 0 Å². The minimum Gasteiger partial charge on any atom is -0.494 e. The molecular weight excluding hydrogens is 472 g/mol. The van der Waals surface area contributed by atoms with E-state index in [9.17, 15) is 4.79 Å². The normalized spacial score (nSPS) is 11.2. The molecule has 0 aliphatic heterocycles. The summed E-state index contributed by atoms with van der Waals surface area (Å²) in [5.74, 6) is 0.862. The van der Waals surface area contributed by atoms with Crippen molar-refractivity contribution in [1.82, 2.24) is 9.55 Å². The number of ether oxygens (including phenoxy) is 1. The van der Waals surface area contributed by atoms with Gasteiger partial charge in [-0.1, -0.05) is 54.0 Å². The van der Waals surface area contributed by atoms with Crippen LogP contribution in [0.5, 0.6) is 5.75 Å². The molecule has 0 aliphatic rings. The van der Waals surface area contributed by atoms with Gasteiger partial charge in [-0.2, -0.15) is 0 Å². The van der Waals surface area contributed by atoms with E-state index in [1.54, 1.807) is 22.2 Å². The van der Waals surface area contributed by atoms with Crippen LogP contribution in [-0.4, -0.2) is 16.2 Å². The van der Waals surface area contributed by atoms with Crippen molar-refractivity contribution in [2.75, 3.05) is 6.61 Å². The smallest absolute Gasteiger partial charge is 0.262 e. The minimum absolute atomic E-state index is 0.0196. The van der Waals surface area contributed by atoms with Crippen LogP contribution in [0, 0.1) is 0 Å². The molecule has 2 aromatic carbocycles. The highest BCUT2D eigenvalue weighted by Crippen LogP contribution is 2.36. The molecule has 0 amide bonds. The third-order valence-corrected chi connectivity index (χ3v) is 7.12. The van der Waals surface area contributed by atoms with Crippen molar-refractivity contribution in [3.05, 3.63) is 80.1 Å². The van der Waals surface area contributed by atoms with Crippen LogP contribution in [0.2, 0.25) is 0 Å². The van der Waals surface area contributed by atoms with Crippen molar-refractivity contribution in [2.24, 2.45) is 0 Å². The van der Waals surface area contributed by atoms with Gasteiger partial charge >= 0.3 is 0 Å². The monoisotopic (exact) mass is 496 g/mol. The molecule has 0 spiro atoms. The Morgan fingerprint density at radius 1 is 1.03 bits per heavy atom. The third-order valence-electron chi connectivity index (χ3n) is 5.35. The molecule has 31 heavy (non-hydrogen) atoms. The number of halogens is 1. The second kappa shape index (κ2) is 9.79. The van der Waals surface area contributed by atoms with Gasteiger partial charge in [-0.15, -0.1) is 11.3 Å². The molecule has 0 N–H and O–H groups in total. The second-order valence-corrected chi connectivity index (χ2v) is 9.38. The zero-order valence-electron chi connectivity index (χ0n) is 17.7. The fraction of sp³-hybridized carbons (Fsp3) is 0.280. The summed E-state index contributed by atoms with van der Waals surface area (Å²) in [6, 6.07) is 16.3. The highest BCUT2D eigenvalue weighted by Gasteiger charge is 2.18. The first-order chi connectivity index (χ1) is 15.1. The van der Waals surface area contributed by atoms with E-state index in [1.807, 2.05) is 24.3 Å². The van der Waals surface area contributed by atoms with Gasteiger partial charge in [0.05, 0.1) is 18.3 Å². The van der Waals surface area contributed by atoms with Crippen LogP contribution in [0.15, 0.2) is 64.1 Å². The molecule has 2 aromatic heterocycles. The van der Waals surface area contributed by atoms with Gasteiger partial charge in [-0.05, 0) is 54.7 Å². The standard InChI is InChI=1S/C25H25BrN2O2S/c1-3-17-6-12-20(13-7-17)30-15-5-14-28-16-27-24-23(25(28)29)22(21(4-2)31-24)18-8-10-19(26)11-9-18/h6-13,16H,3-5,14-15H2,1-2H3. The van der Waals surface area contributed by atoms with E-state index in [-0.39, 0.29) is 5.56 Å². The molecule has 6 heteroatoms. The Bertz CT molecular complexity index is 1230. The summed E-state index contributed by atoms with van der Waals surface area (Å²) in [6.07, 6.45) is 4.29. The van der Waals surface area contributed by atoms with Crippen molar-refractivity contribution in [3.63, 3.8) is 0 Å². The van der Waals surface area contributed by atoms with Crippen molar-refractivity contribution >= 4 is 37.5 Å². The summed E-state index contributed by atoms with van der Waals surface area (Å²) >= 11 is 5.11. The highest BCUT2D eigenvalue weighted by molar-refractivity contribution is 9.10. The van der Waals surface area contributed by atoms with E-state index in [0.717, 1.165) is 50.8 Å². The molecule has 160 valence electrons. The molecule has 0 radical (unpaired) electrons. The Balaban J connectivity index is 1.55. The Hall–Kier alpha value is -2.44. The topological polar surface area (TPSA) is 44.1 Å². The fourth-order valence-electron chi connectivity index (χ4n) is 3.65. The number of aromatic nitrogens is 2. The van der Waals surface area contributed by atoms with Gasteiger partial charge in [0, 0.05) is 21.5 Å². The number of aryl methyl sites for hydroxylation is 3. The molecule has 4 rings (SSSR count). The maximum absolute atomic E-state index is 13.3. The van der Waals surface area contributed by atoms with E-state index in [4.69, 9.17) is 4.74 Å². The Morgan fingerprint density at radius 2 is 1.77 bits per heavy atom. The van der Waals surface area contributed by atoms with Crippen molar-refractivity contribution in [3.8, 4) is 16.9 Å². The Morgan fingerprint density at radius 3 is 2.45 bits per heavy atom. The molecule has 0 fully saturated rings. The van der Waals surface area contributed by atoms with Crippen molar-refractivity contribution < 1.29 is 4.74 Å². The summed E-state index contributed by atoms with van der Waals surface area (Å²) in [5, 5.41) is 0.725. The molecule has 4 aromatic rings. The largest absolute Gasteiger partial charge is 0.494 e. The first kappa shape index (κ1) is 21.8. The number of rotatable bonds is 8. The minimum atomic E-state index is 0.0196. The average Bonchev–Trinajstić information content (AvgIpc) is 3.18. The van der Waals surface area contributed by atoms with E-state index >= 15 is 0 Å². The van der Waals surface area contributed by atoms with Crippen molar-refractivity contribution in [1.29, 1.82) is 0 Å². The van der Waals surface area contributed by atoms with E-state index < -0.39 is 0 Å². The predicted molar refractivity (Wildman–Crippen MR) is 132 cm³/mol. The number of benzene rings is 2. The van der Waals surface area contributed by atoms with Gasteiger partial charge in [0.25, 0.3) is 5.56 Å². The predicted octanol–water partition coefficient (Wildman–Crippen LogP) is 6.48. The van der Waals surface area contributed by atoms with Crippen LogP contribution >= 0.6 is 27.3 Å². The summed E-state index contributed by atoms with van der Waals surface area (Å²) in [7, 11) is 0. The van der Waals surface area contributed by atoms with Crippen LogP contribution in [0.1, 0.15) is 30.7 Å². The molecule has 0 aliphatic carbocycles. The molecule has 0 bridgehead atoms. The lowest BCUT2D eigenvalue weighted by atomic mass is 10.0. The van der Waals surface area contributed by atoms with Crippen LogP contribution in [-0.2, 0) is 19.4 Å². The Kier molecular flexibility index (Phi) is 6.88. The van der Waals surface area contributed by atoms with Gasteiger partial charge in [-0.25, -0.2) is 4.98 Å². The zero-order chi connectivity index (χ0) is 21.8. The first-order valence-corrected chi connectivity index (χ1v) is 12.2. The molecule has 0 atom stereocenters. The number of fused-ring (bicyclic) bond motifs is 1. The number of hydrogen-bond acceptors (Lipinski definition) is 4.